The lowest BCUT2D eigenvalue weighted by Gasteiger charge is -2.34. The number of aliphatic carboxylic acids is 2. The Kier molecular flexibility index (Phi) is 8.47. The van der Waals surface area contributed by atoms with Gasteiger partial charge in [0, 0.05) is 41.3 Å². The highest BCUT2D eigenvalue weighted by atomic mass is 32.1. The Morgan fingerprint density at radius 1 is 1.03 bits per heavy atom. The number of aromatic nitrogens is 1. The molecule has 37 heavy (non-hydrogen) atoms. The van der Waals surface area contributed by atoms with Crippen LogP contribution in [-0.4, -0.2) is 52.8 Å². The molecule has 2 aromatic carbocycles. The number of nitrogens with one attached hydrogen (secondary N) is 1. The number of fused-ring (bicyclic) bond motifs is 2. The van der Waals surface area contributed by atoms with Crippen LogP contribution in [0.25, 0.3) is 21.0 Å². The van der Waals surface area contributed by atoms with Gasteiger partial charge >= 0.3 is 11.9 Å². The van der Waals surface area contributed by atoms with Crippen molar-refractivity contribution in [2.45, 2.75) is 32.2 Å². The van der Waals surface area contributed by atoms with Gasteiger partial charge in [0.2, 0.25) is 5.43 Å². The third-order valence-electron chi connectivity index (χ3n) is 6.11. The van der Waals surface area contributed by atoms with Crippen molar-refractivity contribution < 1.29 is 19.8 Å². The molecule has 0 spiro atoms. The molecular formula is C28H29N3O5S. The number of carbonyl (C=O) groups is 2. The van der Waals surface area contributed by atoms with E-state index in [1.54, 1.807) is 11.3 Å². The number of carboxylic acid groups (broad SMARTS) is 2. The van der Waals surface area contributed by atoms with E-state index in [4.69, 9.17) is 15.2 Å². The molecule has 1 fully saturated rings. The molecule has 1 atom stereocenters. The van der Waals surface area contributed by atoms with Crippen molar-refractivity contribution >= 4 is 50.1 Å². The Morgan fingerprint density at radius 3 is 2.41 bits per heavy atom. The average Bonchev–Trinajstić information content (AvgIpc) is 3.23. The van der Waals surface area contributed by atoms with Crippen molar-refractivity contribution in [2.24, 2.45) is 0 Å². The zero-order valence-electron chi connectivity index (χ0n) is 20.5. The lowest BCUT2D eigenvalue weighted by molar-refractivity contribution is -0.143. The monoisotopic (exact) mass is 519 g/mol. The van der Waals surface area contributed by atoms with E-state index in [0.717, 1.165) is 52.4 Å². The Morgan fingerprint density at radius 2 is 1.70 bits per heavy atom. The van der Waals surface area contributed by atoms with Crippen LogP contribution in [0.5, 0.6) is 0 Å². The largest absolute Gasteiger partial charge is 0.481 e. The molecule has 1 unspecified atom stereocenters. The van der Waals surface area contributed by atoms with Gasteiger partial charge in [0.25, 0.3) is 0 Å². The molecule has 0 bridgehead atoms. The minimum absolute atomic E-state index is 0.0865. The fraction of sp³-hybridized carbons (Fsp3) is 0.286. The van der Waals surface area contributed by atoms with E-state index in [1.165, 1.54) is 5.56 Å². The summed E-state index contributed by atoms with van der Waals surface area (Å²) in [6.07, 6.45) is 0.389. The van der Waals surface area contributed by atoms with Gasteiger partial charge in [-0.05, 0) is 37.1 Å². The van der Waals surface area contributed by atoms with Crippen LogP contribution in [0.1, 0.15) is 23.3 Å². The summed E-state index contributed by atoms with van der Waals surface area (Å²) in [5.41, 5.74) is 2.19. The number of para-hydroxylation sites is 1. The number of anilines is 1. The van der Waals surface area contributed by atoms with Gasteiger partial charge in [-0.2, -0.15) is 0 Å². The maximum Gasteiger partial charge on any atom is 0.303 e. The first-order valence-electron chi connectivity index (χ1n) is 12.1. The molecule has 2 aromatic heterocycles. The number of benzene rings is 2. The second kappa shape index (κ2) is 11.9. The number of carboxylic acids is 2. The van der Waals surface area contributed by atoms with Gasteiger partial charge in [-0.25, -0.2) is 4.98 Å². The molecule has 9 heteroatoms. The molecule has 1 saturated heterocycles. The standard InChI is InChI=1S/C24H23N3OS.C4H6O4/c1-16-13-20-23(29-16)22(28)19-9-5-6-10-21(19)26-24(20)27-12-11-25-18(15-27)14-17-7-3-2-4-8-17;5-3(6)1-2-4(7)8/h2-10,13,18,25H,11-12,14-15H2,1H3;1-2H2,(H,5,6)(H,7,8). The summed E-state index contributed by atoms with van der Waals surface area (Å²) >= 11 is 1.57. The maximum absolute atomic E-state index is 13.2. The van der Waals surface area contributed by atoms with Crippen LogP contribution in [0.4, 0.5) is 5.82 Å². The van der Waals surface area contributed by atoms with Crippen LogP contribution in [0.15, 0.2) is 65.5 Å². The quantitative estimate of drug-likeness (QED) is 0.349. The summed E-state index contributed by atoms with van der Waals surface area (Å²) in [6, 6.07) is 20.8. The normalized spacial score (nSPS) is 15.3. The Balaban J connectivity index is 0.000000349. The SMILES string of the molecule is Cc1cc2c(N3CCNC(Cc4ccccc4)C3)nc3ccccc3c(=O)c2s1.O=C(O)CCC(=O)O. The molecule has 3 N–H and O–H groups in total. The average molecular weight is 520 g/mol. The van der Waals surface area contributed by atoms with Gasteiger partial charge in [-0.1, -0.05) is 42.5 Å². The van der Waals surface area contributed by atoms with Gasteiger partial charge < -0.3 is 20.4 Å². The number of hydrogen-bond acceptors (Lipinski definition) is 7. The van der Waals surface area contributed by atoms with E-state index in [-0.39, 0.29) is 18.3 Å². The number of rotatable bonds is 6. The van der Waals surface area contributed by atoms with E-state index < -0.39 is 11.9 Å². The van der Waals surface area contributed by atoms with Crippen molar-refractivity contribution in [3.8, 4) is 0 Å². The highest BCUT2D eigenvalue weighted by Gasteiger charge is 2.23. The number of hydrogen-bond donors (Lipinski definition) is 3. The second-order valence-electron chi connectivity index (χ2n) is 8.96. The summed E-state index contributed by atoms with van der Waals surface area (Å²) in [4.78, 5) is 41.0. The Hall–Kier alpha value is -3.82. The number of aryl methyl sites for hydroxylation is 1. The predicted octanol–water partition coefficient (Wildman–Crippen LogP) is 4.07. The first-order chi connectivity index (χ1) is 17.8. The predicted molar refractivity (Wildman–Crippen MR) is 147 cm³/mol. The smallest absolute Gasteiger partial charge is 0.303 e. The molecular weight excluding hydrogens is 490 g/mol. The van der Waals surface area contributed by atoms with Crippen LogP contribution < -0.4 is 15.6 Å². The molecule has 8 nitrogen and oxygen atoms in total. The summed E-state index contributed by atoms with van der Waals surface area (Å²) < 4.78 is 0.810. The van der Waals surface area contributed by atoms with E-state index >= 15 is 0 Å². The van der Waals surface area contributed by atoms with Crippen LogP contribution >= 0.6 is 11.3 Å². The number of nitrogens with zero attached hydrogens (tertiary/aromatic N) is 2. The first-order valence-corrected chi connectivity index (χ1v) is 12.9. The first kappa shape index (κ1) is 26.2. The molecule has 0 radical (unpaired) electrons. The highest BCUT2D eigenvalue weighted by Crippen LogP contribution is 2.31. The van der Waals surface area contributed by atoms with E-state index in [9.17, 15) is 14.4 Å². The molecule has 0 aliphatic carbocycles. The summed E-state index contributed by atoms with van der Waals surface area (Å²) in [6.45, 7) is 4.73. The van der Waals surface area contributed by atoms with E-state index in [1.807, 2.05) is 24.3 Å². The zero-order chi connectivity index (χ0) is 26.4. The van der Waals surface area contributed by atoms with Gasteiger partial charge in [0.15, 0.2) is 0 Å². The third kappa shape index (κ3) is 6.69. The van der Waals surface area contributed by atoms with Crippen molar-refractivity contribution in [1.29, 1.82) is 0 Å². The van der Waals surface area contributed by atoms with Crippen molar-refractivity contribution in [1.82, 2.24) is 10.3 Å². The fourth-order valence-corrected chi connectivity index (χ4v) is 5.38. The third-order valence-corrected chi connectivity index (χ3v) is 7.16. The molecule has 0 amide bonds. The summed E-state index contributed by atoms with van der Waals surface area (Å²) in [7, 11) is 0. The zero-order valence-corrected chi connectivity index (χ0v) is 21.3. The Labute approximate surface area is 218 Å². The van der Waals surface area contributed by atoms with Gasteiger partial charge in [-0.15, -0.1) is 11.3 Å². The number of thiophene rings is 1. The molecule has 1 aliphatic rings. The molecule has 192 valence electrons. The minimum atomic E-state index is -1.08. The second-order valence-corrected chi connectivity index (χ2v) is 10.2. The van der Waals surface area contributed by atoms with Crippen LogP contribution in [0.2, 0.25) is 0 Å². The molecule has 4 aromatic rings. The van der Waals surface area contributed by atoms with E-state index in [0.29, 0.717) is 11.4 Å². The van der Waals surface area contributed by atoms with Crippen LogP contribution in [0, 0.1) is 6.92 Å². The Bertz CT molecular complexity index is 1460. The molecule has 5 rings (SSSR count). The summed E-state index contributed by atoms with van der Waals surface area (Å²) in [5.74, 6) is -1.22. The van der Waals surface area contributed by atoms with Crippen LogP contribution in [0.3, 0.4) is 0 Å². The van der Waals surface area contributed by atoms with Crippen LogP contribution in [-0.2, 0) is 16.0 Å². The van der Waals surface area contributed by atoms with Crippen molar-refractivity contribution in [2.75, 3.05) is 24.5 Å². The molecule has 0 saturated carbocycles. The molecule has 1 aliphatic heterocycles. The van der Waals surface area contributed by atoms with Crippen molar-refractivity contribution in [3.63, 3.8) is 0 Å². The van der Waals surface area contributed by atoms with Crippen molar-refractivity contribution in [3.05, 3.63) is 81.3 Å². The van der Waals surface area contributed by atoms with Gasteiger partial charge in [-0.3, -0.25) is 14.4 Å². The van der Waals surface area contributed by atoms with Gasteiger partial charge in [0.1, 0.15) is 5.82 Å². The van der Waals surface area contributed by atoms with Gasteiger partial charge in [0.05, 0.1) is 23.1 Å². The number of piperazine rings is 1. The minimum Gasteiger partial charge on any atom is -0.481 e. The fourth-order valence-electron chi connectivity index (χ4n) is 4.42. The maximum atomic E-state index is 13.2. The lowest BCUT2D eigenvalue weighted by atomic mass is 10.0. The molecule has 3 heterocycles. The highest BCUT2D eigenvalue weighted by molar-refractivity contribution is 7.19. The summed E-state index contributed by atoms with van der Waals surface area (Å²) in [5, 5.41) is 21.1. The van der Waals surface area contributed by atoms with E-state index in [2.05, 4.69) is 53.5 Å². The lowest BCUT2D eigenvalue weighted by Crippen LogP contribution is -2.51. The topological polar surface area (TPSA) is 120 Å².